The predicted molar refractivity (Wildman–Crippen MR) is 96.8 cm³/mol. The number of ketones is 1. The third-order valence-electron chi connectivity index (χ3n) is 4.51. The summed E-state index contributed by atoms with van der Waals surface area (Å²) in [5.41, 5.74) is 2.78. The van der Waals surface area contributed by atoms with Gasteiger partial charge in [-0.05, 0) is 60.7 Å². The van der Waals surface area contributed by atoms with Crippen LogP contribution in [0.5, 0.6) is 0 Å². The zero-order valence-corrected chi connectivity index (χ0v) is 13.7. The van der Waals surface area contributed by atoms with Crippen molar-refractivity contribution in [1.29, 1.82) is 0 Å². The van der Waals surface area contributed by atoms with Crippen molar-refractivity contribution in [2.45, 2.75) is 18.8 Å². The Balaban J connectivity index is 1.73. The van der Waals surface area contributed by atoms with Gasteiger partial charge >= 0.3 is 0 Å². The maximum absolute atomic E-state index is 12.9. The largest absolute Gasteiger partial charge is 0.465 e. The lowest BCUT2D eigenvalue weighted by atomic mass is 9.77. The maximum Gasteiger partial charge on any atom is 0.185 e. The van der Waals surface area contributed by atoms with Gasteiger partial charge in [0.25, 0.3) is 0 Å². The first kappa shape index (κ1) is 15.5. The monoisotopic (exact) mass is 330 g/mol. The molecule has 2 aromatic heterocycles. The van der Waals surface area contributed by atoms with Gasteiger partial charge in [-0.3, -0.25) is 4.79 Å². The normalized spacial score (nSPS) is 21.1. The quantitative estimate of drug-likeness (QED) is 0.597. The molecule has 3 heteroatoms. The SMILES string of the molecule is O=C1/C(=C/c2ccco2)CC(c2ccccc2)C/C1=C\c1ccco1. The molecular weight excluding hydrogens is 312 g/mol. The van der Waals surface area contributed by atoms with E-state index in [4.69, 9.17) is 8.83 Å². The summed E-state index contributed by atoms with van der Waals surface area (Å²) in [5.74, 6) is 1.74. The molecule has 0 spiro atoms. The van der Waals surface area contributed by atoms with Crippen molar-refractivity contribution in [2.75, 3.05) is 0 Å². The smallest absolute Gasteiger partial charge is 0.185 e. The van der Waals surface area contributed by atoms with Gasteiger partial charge in [-0.1, -0.05) is 30.3 Å². The molecule has 0 aliphatic heterocycles. The van der Waals surface area contributed by atoms with E-state index in [-0.39, 0.29) is 11.7 Å². The molecule has 0 amide bonds. The van der Waals surface area contributed by atoms with Crippen LogP contribution in [0.2, 0.25) is 0 Å². The topological polar surface area (TPSA) is 43.4 Å². The van der Waals surface area contributed by atoms with E-state index in [1.807, 2.05) is 54.6 Å². The molecule has 0 unspecified atom stereocenters. The second kappa shape index (κ2) is 6.81. The standard InChI is InChI=1S/C22H18O3/c23-22-18(14-20-8-4-10-24-20)12-17(16-6-2-1-3-7-16)13-19(22)15-21-9-5-11-25-21/h1-11,14-15,17H,12-13H2/b18-14+,19-15+. The summed E-state index contributed by atoms with van der Waals surface area (Å²) in [6.45, 7) is 0. The van der Waals surface area contributed by atoms with Gasteiger partial charge in [0.05, 0.1) is 12.5 Å². The summed E-state index contributed by atoms with van der Waals surface area (Å²) in [6.07, 6.45) is 8.36. The average molecular weight is 330 g/mol. The highest BCUT2D eigenvalue weighted by atomic mass is 16.3. The van der Waals surface area contributed by atoms with Crippen LogP contribution in [0.25, 0.3) is 12.2 Å². The highest BCUT2D eigenvalue weighted by Crippen LogP contribution is 2.38. The van der Waals surface area contributed by atoms with Gasteiger partial charge < -0.3 is 8.83 Å². The number of hydrogen-bond acceptors (Lipinski definition) is 3. The number of Topliss-reactive ketones (excluding diaryl/α,β-unsaturated/α-hetero) is 1. The minimum Gasteiger partial charge on any atom is -0.465 e. The molecule has 3 nitrogen and oxygen atoms in total. The van der Waals surface area contributed by atoms with Crippen LogP contribution in [-0.2, 0) is 4.79 Å². The summed E-state index contributed by atoms with van der Waals surface area (Å²) in [4.78, 5) is 12.9. The molecule has 0 N–H and O–H groups in total. The van der Waals surface area contributed by atoms with Gasteiger partial charge in [0.2, 0.25) is 0 Å². The number of hydrogen-bond donors (Lipinski definition) is 0. The molecule has 0 atom stereocenters. The van der Waals surface area contributed by atoms with Crippen LogP contribution in [0.1, 0.15) is 35.8 Å². The Bertz CT molecular complexity index is 841. The van der Waals surface area contributed by atoms with Gasteiger partial charge in [-0.25, -0.2) is 0 Å². The molecule has 2 heterocycles. The van der Waals surface area contributed by atoms with Crippen molar-refractivity contribution >= 4 is 17.9 Å². The lowest BCUT2D eigenvalue weighted by Gasteiger charge is -2.26. The maximum atomic E-state index is 12.9. The first-order valence-electron chi connectivity index (χ1n) is 8.37. The molecule has 0 bridgehead atoms. The van der Waals surface area contributed by atoms with Crippen LogP contribution < -0.4 is 0 Å². The van der Waals surface area contributed by atoms with Gasteiger partial charge in [-0.2, -0.15) is 0 Å². The molecule has 1 aliphatic carbocycles. The fourth-order valence-corrected chi connectivity index (χ4v) is 3.29. The van der Waals surface area contributed by atoms with Gasteiger partial charge in [0.15, 0.2) is 5.78 Å². The number of carbonyl (C=O) groups excluding carboxylic acids is 1. The Kier molecular flexibility index (Phi) is 4.21. The summed E-state index contributed by atoms with van der Waals surface area (Å²) in [6, 6.07) is 17.7. The van der Waals surface area contributed by atoms with E-state index in [1.165, 1.54) is 5.56 Å². The lowest BCUT2D eigenvalue weighted by molar-refractivity contribution is -0.113. The fourth-order valence-electron chi connectivity index (χ4n) is 3.29. The highest BCUT2D eigenvalue weighted by molar-refractivity contribution is 6.14. The Hall–Kier alpha value is -3.07. The first-order chi connectivity index (χ1) is 12.3. The van der Waals surface area contributed by atoms with Crippen LogP contribution in [0.4, 0.5) is 0 Å². The van der Waals surface area contributed by atoms with Crippen molar-refractivity contribution in [3.8, 4) is 0 Å². The zero-order chi connectivity index (χ0) is 17.1. The molecule has 1 aliphatic rings. The van der Waals surface area contributed by atoms with E-state index < -0.39 is 0 Å². The minimum atomic E-state index is 0.0694. The fraction of sp³-hybridized carbons (Fsp3) is 0.136. The van der Waals surface area contributed by atoms with Gasteiger partial charge in [0.1, 0.15) is 11.5 Å². The third-order valence-corrected chi connectivity index (χ3v) is 4.51. The predicted octanol–water partition coefficient (Wildman–Crippen LogP) is 5.49. The lowest BCUT2D eigenvalue weighted by Crippen LogP contribution is -2.18. The highest BCUT2D eigenvalue weighted by Gasteiger charge is 2.29. The van der Waals surface area contributed by atoms with Gasteiger partial charge in [0, 0.05) is 11.1 Å². The van der Waals surface area contributed by atoms with E-state index in [9.17, 15) is 4.79 Å². The van der Waals surface area contributed by atoms with E-state index >= 15 is 0 Å². The van der Waals surface area contributed by atoms with Crippen molar-refractivity contribution in [1.82, 2.24) is 0 Å². The molecule has 124 valence electrons. The van der Waals surface area contributed by atoms with Crippen molar-refractivity contribution in [2.24, 2.45) is 0 Å². The van der Waals surface area contributed by atoms with Crippen molar-refractivity contribution in [3.05, 3.63) is 95.4 Å². The van der Waals surface area contributed by atoms with Crippen molar-refractivity contribution < 1.29 is 13.6 Å². The molecule has 1 fully saturated rings. The van der Waals surface area contributed by atoms with Crippen LogP contribution in [0.15, 0.2) is 87.1 Å². The Labute approximate surface area is 146 Å². The molecule has 0 saturated heterocycles. The van der Waals surface area contributed by atoms with Crippen LogP contribution in [0, 0.1) is 0 Å². The first-order valence-corrected chi connectivity index (χ1v) is 8.37. The number of carbonyl (C=O) groups is 1. The van der Waals surface area contributed by atoms with Crippen LogP contribution >= 0.6 is 0 Å². The number of allylic oxidation sites excluding steroid dienone is 2. The molecular formula is C22H18O3. The molecule has 3 aromatic rings. The van der Waals surface area contributed by atoms with Crippen LogP contribution in [0.3, 0.4) is 0 Å². The van der Waals surface area contributed by atoms with Crippen LogP contribution in [-0.4, -0.2) is 5.78 Å². The van der Waals surface area contributed by atoms with Crippen molar-refractivity contribution in [3.63, 3.8) is 0 Å². The summed E-state index contributed by atoms with van der Waals surface area (Å²) in [7, 11) is 0. The Morgan fingerprint density at radius 2 is 1.32 bits per heavy atom. The van der Waals surface area contributed by atoms with Gasteiger partial charge in [-0.15, -0.1) is 0 Å². The second-order valence-electron chi connectivity index (χ2n) is 6.21. The van der Waals surface area contributed by atoms with E-state index in [2.05, 4.69) is 12.1 Å². The van der Waals surface area contributed by atoms with E-state index in [0.717, 1.165) is 11.1 Å². The second-order valence-corrected chi connectivity index (χ2v) is 6.21. The molecule has 25 heavy (non-hydrogen) atoms. The Morgan fingerprint density at radius 3 is 1.80 bits per heavy atom. The number of furan rings is 2. The summed E-state index contributed by atoms with van der Waals surface area (Å²) in [5, 5.41) is 0. The minimum absolute atomic E-state index is 0.0694. The zero-order valence-electron chi connectivity index (χ0n) is 13.7. The number of benzene rings is 1. The summed E-state index contributed by atoms with van der Waals surface area (Å²) < 4.78 is 10.8. The third kappa shape index (κ3) is 3.41. The molecule has 4 rings (SSSR count). The van der Waals surface area contributed by atoms with E-state index in [1.54, 1.807) is 12.5 Å². The molecule has 1 aromatic carbocycles. The summed E-state index contributed by atoms with van der Waals surface area (Å²) >= 11 is 0. The van der Waals surface area contributed by atoms with E-state index in [0.29, 0.717) is 24.4 Å². The molecule has 0 radical (unpaired) electrons. The number of rotatable bonds is 3. The molecule has 1 saturated carbocycles. The Morgan fingerprint density at radius 1 is 0.760 bits per heavy atom. The average Bonchev–Trinajstić information content (AvgIpc) is 3.33.